The molecular weight excluding hydrogens is 210 g/mol. The SMILES string of the molecule is Cc1cccc(N[C@@H]2CCS(=O)(=O)C2)c1. The van der Waals surface area contributed by atoms with Gasteiger partial charge in [0.25, 0.3) is 0 Å². The van der Waals surface area contributed by atoms with E-state index in [1.807, 2.05) is 31.2 Å². The summed E-state index contributed by atoms with van der Waals surface area (Å²) in [7, 11) is -2.79. The summed E-state index contributed by atoms with van der Waals surface area (Å²) in [5.74, 6) is 0.581. The zero-order valence-electron chi connectivity index (χ0n) is 8.73. The monoisotopic (exact) mass is 225 g/mol. The first-order valence-electron chi connectivity index (χ1n) is 5.09. The number of aryl methyl sites for hydroxylation is 1. The van der Waals surface area contributed by atoms with Crippen molar-refractivity contribution < 1.29 is 8.42 Å². The highest BCUT2D eigenvalue weighted by Crippen LogP contribution is 2.18. The fourth-order valence-electron chi connectivity index (χ4n) is 1.88. The minimum absolute atomic E-state index is 0.0804. The third-order valence-electron chi connectivity index (χ3n) is 2.62. The third kappa shape index (κ3) is 2.72. The van der Waals surface area contributed by atoms with Gasteiger partial charge in [-0.25, -0.2) is 8.42 Å². The Morgan fingerprint density at radius 1 is 1.40 bits per heavy atom. The van der Waals surface area contributed by atoms with E-state index in [0.29, 0.717) is 5.75 Å². The predicted molar refractivity (Wildman–Crippen MR) is 61.9 cm³/mol. The van der Waals surface area contributed by atoms with E-state index >= 15 is 0 Å². The highest BCUT2D eigenvalue weighted by atomic mass is 32.2. The molecular formula is C11H15NO2S. The average molecular weight is 225 g/mol. The second-order valence-electron chi connectivity index (χ2n) is 4.11. The molecule has 0 spiro atoms. The molecule has 0 amide bonds. The Morgan fingerprint density at radius 3 is 2.80 bits per heavy atom. The van der Waals surface area contributed by atoms with Gasteiger partial charge >= 0.3 is 0 Å². The zero-order chi connectivity index (χ0) is 10.9. The summed E-state index contributed by atoms with van der Waals surface area (Å²) in [4.78, 5) is 0. The Labute approximate surface area is 90.4 Å². The molecule has 4 heteroatoms. The lowest BCUT2D eigenvalue weighted by atomic mass is 10.2. The molecule has 3 nitrogen and oxygen atoms in total. The van der Waals surface area contributed by atoms with Crippen LogP contribution in [0.2, 0.25) is 0 Å². The summed E-state index contributed by atoms with van der Waals surface area (Å²) < 4.78 is 22.5. The first-order chi connectivity index (χ1) is 7.05. The van der Waals surface area contributed by atoms with Crippen LogP contribution in [0.4, 0.5) is 5.69 Å². The maximum atomic E-state index is 11.3. The second kappa shape index (κ2) is 3.85. The van der Waals surface area contributed by atoms with Crippen molar-refractivity contribution >= 4 is 15.5 Å². The molecule has 1 aromatic rings. The van der Waals surface area contributed by atoms with Crippen LogP contribution in [-0.2, 0) is 9.84 Å². The van der Waals surface area contributed by atoms with Gasteiger partial charge in [0.2, 0.25) is 0 Å². The van der Waals surface area contributed by atoms with E-state index in [0.717, 1.165) is 12.1 Å². The fourth-order valence-corrected chi connectivity index (χ4v) is 3.55. The van der Waals surface area contributed by atoms with E-state index in [-0.39, 0.29) is 11.8 Å². The molecule has 0 aromatic heterocycles. The molecule has 2 rings (SSSR count). The quantitative estimate of drug-likeness (QED) is 0.831. The van der Waals surface area contributed by atoms with E-state index in [1.54, 1.807) is 0 Å². The van der Waals surface area contributed by atoms with Gasteiger partial charge in [-0.15, -0.1) is 0 Å². The van der Waals surface area contributed by atoms with Crippen molar-refractivity contribution in [1.82, 2.24) is 0 Å². The smallest absolute Gasteiger partial charge is 0.152 e. The van der Waals surface area contributed by atoms with Crippen molar-refractivity contribution in [1.29, 1.82) is 0 Å². The molecule has 1 saturated heterocycles. The van der Waals surface area contributed by atoms with Gasteiger partial charge in [-0.2, -0.15) is 0 Å². The Bertz CT molecular complexity index is 453. The number of anilines is 1. The molecule has 1 atom stereocenters. The van der Waals surface area contributed by atoms with Gasteiger partial charge in [-0.3, -0.25) is 0 Å². The van der Waals surface area contributed by atoms with Gasteiger partial charge in [0.1, 0.15) is 0 Å². The van der Waals surface area contributed by atoms with Crippen LogP contribution < -0.4 is 5.32 Å². The van der Waals surface area contributed by atoms with Gasteiger partial charge < -0.3 is 5.32 Å². The summed E-state index contributed by atoms with van der Waals surface area (Å²) in [6.45, 7) is 2.02. The van der Waals surface area contributed by atoms with Crippen molar-refractivity contribution in [3.63, 3.8) is 0 Å². The maximum absolute atomic E-state index is 11.3. The van der Waals surface area contributed by atoms with Crippen LogP contribution in [0.15, 0.2) is 24.3 Å². The third-order valence-corrected chi connectivity index (χ3v) is 4.39. The normalized spacial score (nSPS) is 23.9. The molecule has 0 bridgehead atoms. The predicted octanol–water partition coefficient (Wildman–Crippen LogP) is 1.59. The van der Waals surface area contributed by atoms with E-state index in [2.05, 4.69) is 5.32 Å². The van der Waals surface area contributed by atoms with E-state index in [1.165, 1.54) is 5.56 Å². The minimum atomic E-state index is -2.79. The van der Waals surface area contributed by atoms with Crippen LogP contribution in [0.1, 0.15) is 12.0 Å². The summed E-state index contributed by atoms with van der Waals surface area (Å²) in [6, 6.07) is 8.08. The number of hydrogen-bond donors (Lipinski definition) is 1. The van der Waals surface area contributed by atoms with Crippen molar-refractivity contribution in [2.45, 2.75) is 19.4 Å². The molecule has 1 aromatic carbocycles. The molecule has 1 aliphatic heterocycles. The Kier molecular flexibility index (Phi) is 2.69. The molecule has 0 unspecified atom stereocenters. The van der Waals surface area contributed by atoms with Gasteiger partial charge in [-0.05, 0) is 31.0 Å². The number of rotatable bonds is 2. The molecule has 1 fully saturated rings. The lowest BCUT2D eigenvalue weighted by molar-refractivity contribution is 0.602. The molecule has 15 heavy (non-hydrogen) atoms. The molecule has 1 heterocycles. The van der Waals surface area contributed by atoms with Crippen LogP contribution in [0.25, 0.3) is 0 Å². The number of sulfone groups is 1. The first-order valence-corrected chi connectivity index (χ1v) is 6.91. The standard InChI is InChI=1S/C11H15NO2S/c1-9-3-2-4-10(7-9)12-11-5-6-15(13,14)8-11/h2-4,7,11-12H,5-6,8H2,1H3/t11-/m1/s1. The maximum Gasteiger partial charge on any atom is 0.152 e. The van der Waals surface area contributed by atoms with Crippen molar-refractivity contribution in [3.05, 3.63) is 29.8 Å². The molecule has 1 aliphatic rings. The zero-order valence-corrected chi connectivity index (χ0v) is 9.55. The largest absolute Gasteiger partial charge is 0.381 e. The molecule has 82 valence electrons. The second-order valence-corrected chi connectivity index (χ2v) is 6.34. The average Bonchev–Trinajstić information content (AvgIpc) is 2.45. The molecule has 1 N–H and O–H groups in total. The number of benzene rings is 1. The minimum Gasteiger partial charge on any atom is -0.381 e. The Hall–Kier alpha value is -1.03. The summed E-state index contributed by atoms with van der Waals surface area (Å²) in [5, 5.41) is 3.26. The van der Waals surface area contributed by atoms with Gasteiger partial charge in [0.15, 0.2) is 9.84 Å². The van der Waals surface area contributed by atoms with Gasteiger partial charge in [0, 0.05) is 11.7 Å². The lowest BCUT2D eigenvalue weighted by Gasteiger charge is -2.12. The van der Waals surface area contributed by atoms with Crippen LogP contribution in [0, 0.1) is 6.92 Å². The van der Waals surface area contributed by atoms with Crippen molar-refractivity contribution in [2.75, 3.05) is 16.8 Å². The Balaban J connectivity index is 2.05. The van der Waals surface area contributed by atoms with Gasteiger partial charge in [0.05, 0.1) is 11.5 Å². The van der Waals surface area contributed by atoms with Crippen molar-refractivity contribution in [2.24, 2.45) is 0 Å². The highest BCUT2D eigenvalue weighted by molar-refractivity contribution is 7.91. The van der Waals surface area contributed by atoms with Gasteiger partial charge in [-0.1, -0.05) is 12.1 Å². The summed E-state index contributed by atoms with van der Waals surface area (Å²) in [6.07, 6.45) is 0.719. The Morgan fingerprint density at radius 2 is 2.20 bits per heavy atom. The molecule has 0 radical (unpaired) electrons. The first kappa shape index (κ1) is 10.5. The lowest BCUT2D eigenvalue weighted by Crippen LogP contribution is -2.20. The molecule has 0 saturated carbocycles. The number of hydrogen-bond acceptors (Lipinski definition) is 3. The van der Waals surface area contributed by atoms with Crippen molar-refractivity contribution in [3.8, 4) is 0 Å². The topological polar surface area (TPSA) is 46.2 Å². The highest BCUT2D eigenvalue weighted by Gasteiger charge is 2.27. The van der Waals surface area contributed by atoms with E-state index in [4.69, 9.17) is 0 Å². The van der Waals surface area contributed by atoms with Crippen LogP contribution >= 0.6 is 0 Å². The van der Waals surface area contributed by atoms with Crippen LogP contribution in [-0.4, -0.2) is 26.0 Å². The van der Waals surface area contributed by atoms with E-state index in [9.17, 15) is 8.42 Å². The molecule has 0 aliphatic carbocycles. The number of nitrogens with one attached hydrogen (secondary N) is 1. The van der Waals surface area contributed by atoms with Crippen LogP contribution in [0.5, 0.6) is 0 Å². The summed E-state index contributed by atoms with van der Waals surface area (Å²) >= 11 is 0. The summed E-state index contributed by atoms with van der Waals surface area (Å²) in [5.41, 5.74) is 2.19. The van der Waals surface area contributed by atoms with Crippen LogP contribution in [0.3, 0.4) is 0 Å². The fraction of sp³-hybridized carbons (Fsp3) is 0.455. The van der Waals surface area contributed by atoms with E-state index < -0.39 is 9.84 Å².